The number of hydrogen-bond donors (Lipinski definition) is 1. The molecule has 2 aromatic rings. The maximum absolute atomic E-state index is 3.54. The summed E-state index contributed by atoms with van der Waals surface area (Å²) >= 11 is 1.88. The van der Waals surface area contributed by atoms with Gasteiger partial charge in [-0.3, -0.25) is 0 Å². The van der Waals surface area contributed by atoms with Crippen LogP contribution in [0.5, 0.6) is 0 Å². The third-order valence-corrected chi connectivity index (χ3v) is 4.18. The lowest BCUT2D eigenvalue weighted by Crippen LogP contribution is -2.18. The molecule has 19 heavy (non-hydrogen) atoms. The third-order valence-electron chi connectivity index (χ3n) is 3.20. The largest absolute Gasteiger partial charge is 0.307 e. The second kappa shape index (κ2) is 6.69. The van der Waals surface area contributed by atoms with Crippen LogP contribution in [0.1, 0.15) is 33.8 Å². The quantitative estimate of drug-likeness (QED) is 0.829. The van der Waals surface area contributed by atoms with Crippen molar-refractivity contribution in [1.82, 2.24) is 5.32 Å². The van der Waals surface area contributed by atoms with E-state index in [4.69, 9.17) is 0 Å². The maximum atomic E-state index is 3.54. The first kappa shape index (κ1) is 14.0. The van der Waals surface area contributed by atoms with E-state index >= 15 is 0 Å². The summed E-state index contributed by atoms with van der Waals surface area (Å²) < 4.78 is 0. The van der Waals surface area contributed by atoms with Gasteiger partial charge in [-0.2, -0.15) is 0 Å². The third kappa shape index (κ3) is 4.05. The maximum Gasteiger partial charge on any atom is 0.0305 e. The van der Waals surface area contributed by atoms with Crippen molar-refractivity contribution in [2.75, 3.05) is 6.54 Å². The fourth-order valence-corrected chi connectivity index (χ4v) is 3.22. The molecule has 0 bridgehead atoms. The second-order valence-corrected chi connectivity index (χ2v) is 6.27. The zero-order valence-electron chi connectivity index (χ0n) is 11.8. The normalized spacial score (nSPS) is 13.0. The monoisotopic (exact) mass is 271 g/mol. The van der Waals surface area contributed by atoms with Crippen molar-refractivity contribution in [1.29, 1.82) is 0 Å². The SMILES string of the molecule is Cc1cc(C(C)NCC=Cc2ccccc2)c(C)s1. The first-order valence-corrected chi connectivity index (χ1v) is 7.50. The van der Waals surface area contributed by atoms with Crippen LogP contribution in [-0.2, 0) is 0 Å². The van der Waals surface area contributed by atoms with E-state index in [9.17, 15) is 0 Å². The fraction of sp³-hybridized carbons (Fsp3) is 0.294. The van der Waals surface area contributed by atoms with Gasteiger partial charge in [0.05, 0.1) is 0 Å². The summed E-state index contributed by atoms with van der Waals surface area (Å²) in [6, 6.07) is 13.1. The van der Waals surface area contributed by atoms with E-state index in [0.29, 0.717) is 6.04 Å². The molecule has 100 valence electrons. The zero-order valence-corrected chi connectivity index (χ0v) is 12.6. The van der Waals surface area contributed by atoms with Gasteiger partial charge in [-0.1, -0.05) is 42.5 Å². The standard InChI is InChI=1S/C17H21NS/c1-13-12-17(15(3)19-13)14(2)18-11-7-10-16-8-5-4-6-9-16/h4-10,12,14,18H,11H2,1-3H3. The number of benzene rings is 1. The molecule has 1 N–H and O–H groups in total. The molecule has 0 radical (unpaired) electrons. The molecule has 1 heterocycles. The van der Waals surface area contributed by atoms with Crippen LogP contribution in [0, 0.1) is 13.8 Å². The summed E-state index contributed by atoms with van der Waals surface area (Å²) in [6.45, 7) is 7.49. The molecule has 1 aromatic carbocycles. The molecule has 2 heteroatoms. The summed E-state index contributed by atoms with van der Waals surface area (Å²) in [7, 11) is 0. The van der Waals surface area contributed by atoms with E-state index in [0.717, 1.165) is 6.54 Å². The highest BCUT2D eigenvalue weighted by atomic mass is 32.1. The number of rotatable bonds is 5. The molecule has 0 saturated carbocycles. The van der Waals surface area contributed by atoms with Crippen LogP contribution in [0.2, 0.25) is 0 Å². The second-order valence-electron chi connectivity index (χ2n) is 4.81. The molecule has 0 fully saturated rings. The van der Waals surface area contributed by atoms with E-state index in [1.807, 2.05) is 17.4 Å². The highest BCUT2D eigenvalue weighted by Gasteiger charge is 2.09. The smallest absolute Gasteiger partial charge is 0.0305 e. The van der Waals surface area contributed by atoms with Crippen LogP contribution in [-0.4, -0.2) is 6.54 Å². The first-order valence-electron chi connectivity index (χ1n) is 6.68. The molecule has 2 rings (SSSR count). The molecule has 0 saturated heterocycles. The lowest BCUT2D eigenvalue weighted by molar-refractivity contribution is 0.617. The minimum absolute atomic E-state index is 0.408. The van der Waals surface area contributed by atoms with Crippen molar-refractivity contribution >= 4 is 17.4 Å². The number of thiophene rings is 1. The average Bonchev–Trinajstić information content (AvgIpc) is 2.75. The Kier molecular flexibility index (Phi) is 4.94. The van der Waals surface area contributed by atoms with Crippen LogP contribution < -0.4 is 5.32 Å². The van der Waals surface area contributed by atoms with Gasteiger partial charge < -0.3 is 5.32 Å². The van der Waals surface area contributed by atoms with Gasteiger partial charge in [-0.15, -0.1) is 11.3 Å². The Balaban J connectivity index is 1.86. The lowest BCUT2D eigenvalue weighted by atomic mass is 10.1. The van der Waals surface area contributed by atoms with Crippen molar-refractivity contribution in [3.63, 3.8) is 0 Å². The van der Waals surface area contributed by atoms with Crippen LogP contribution >= 0.6 is 11.3 Å². The number of hydrogen-bond acceptors (Lipinski definition) is 2. The molecule has 1 unspecified atom stereocenters. The van der Waals surface area contributed by atoms with Crippen molar-refractivity contribution < 1.29 is 0 Å². The Bertz CT molecular complexity index is 540. The molecule has 0 aliphatic carbocycles. The van der Waals surface area contributed by atoms with Crippen LogP contribution in [0.25, 0.3) is 6.08 Å². The van der Waals surface area contributed by atoms with E-state index < -0.39 is 0 Å². The van der Waals surface area contributed by atoms with Gasteiger partial charge in [0.2, 0.25) is 0 Å². The summed E-state index contributed by atoms with van der Waals surface area (Å²) in [5.41, 5.74) is 2.68. The first-order chi connectivity index (χ1) is 9.16. The summed E-state index contributed by atoms with van der Waals surface area (Å²) in [4.78, 5) is 2.81. The fourth-order valence-electron chi connectivity index (χ4n) is 2.19. The number of nitrogens with one attached hydrogen (secondary N) is 1. The topological polar surface area (TPSA) is 12.0 Å². The van der Waals surface area contributed by atoms with E-state index in [2.05, 4.69) is 68.6 Å². The molecule has 0 spiro atoms. The Morgan fingerprint density at radius 2 is 1.95 bits per heavy atom. The lowest BCUT2D eigenvalue weighted by Gasteiger charge is -2.12. The van der Waals surface area contributed by atoms with Gasteiger partial charge in [-0.25, -0.2) is 0 Å². The van der Waals surface area contributed by atoms with Gasteiger partial charge >= 0.3 is 0 Å². The van der Waals surface area contributed by atoms with E-state index in [-0.39, 0.29) is 0 Å². The minimum Gasteiger partial charge on any atom is -0.307 e. The van der Waals surface area contributed by atoms with Crippen LogP contribution in [0.15, 0.2) is 42.5 Å². The molecule has 1 nitrogen and oxygen atoms in total. The van der Waals surface area contributed by atoms with Crippen molar-refractivity contribution in [3.05, 3.63) is 63.4 Å². The van der Waals surface area contributed by atoms with E-state index in [1.165, 1.54) is 20.9 Å². The van der Waals surface area contributed by atoms with Gasteiger partial charge in [-0.05, 0) is 38.0 Å². The average molecular weight is 271 g/mol. The molecular formula is C17H21NS. The minimum atomic E-state index is 0.408. The van der Waals surface area contributed by atoms with Gasteiger partial charge in [0.15, 0.2) is 0 Å². The molecule has 1 aromatic heterocycles. The highest BCUT2D eigenvalue weighted by Crippen LogP contribution is 2.25. The Morgan fingerprint density at radius 1 is 1.21 bits per heavy atom. The van der Waals surface area contributed by atoms with Gasteiger partial charge in [0.25, 0.3) is 0 Å². The predicted octanol–water partition coefficient (Wildman–Crippen LogP) is 4.73. The molecular weight excluding hydrogens is 250 g/mol. The molecule has 1 atom stereocenters. The summed E-state index contributed by atoms with van der Waals surface area (Å²) in [5, 5.41) is 3.54. The van der Waals surface area contributed by atoms with E-state index in [1.54, 1.807) is 0 Å². The van der Waals surface area contributed by atoms with Crippen molar-refractivity contribution in [2.45, 2.75) is 26.8 Å². The molecule has 0 amide bonds. The van der Waals surface area contributed by atoms with Crippen LogP contribution in [0.4, 0.5) is 0 Å². The Labute approximate surface area is 120 Å². The summed E-state index contributed by atoms with van der Waals surface area (Å²) in [5.74, 6) is 0. The Morgan fingerprint density at radius 3 is 2.58 bits per heavy atom. The predicted molar refractivity (Wildman–Crippen MR) is 85.7 cm³/mol. The molecule has 0 aliphatic heterocycles. The van der Waals surface area contributed by atoms with Crippen molar-refractivity contribution in [3.8, 4) is 0 Å². The van der Waals surface area contributed by atoms with Crippen LogP contribution in [0.3, 0.4) is 0 Å². The number of aryl methyl sites for hydroxylation is 2. The Hall–Kier alpha value is -1.38. The van der Waals surface area contributed by atoms with Crippen molar-refractivity contribution in [2.24, 2.45) is 0 Å². The van der Waals surface area contributed by atoms with Gasteiger partial charge in [0.1, 0.15) is 0 Å². The van der Waals surface area contributed by atoms with Gasteiger partial charge in [0, 0.05) is 22.3 Å². The summed E-state index contributed by atoms with van der Waals surface area (Å²) in [6.07, 6.45) is 4.34. The highest BCUT2D eigenvalue weighted by molar-refractivity contribution is 7.12. The molecule has 0 aliphatic rings. The zero-order chi connectivity index (χ0) is 13.7.